The number of benzene rings is 2. The van der Waals surface area contributed by atoms with E-state index in [0.717, 1.165) is 55.2 Å². The average Bonchev–Trinajstić information content (AvgIpc) is 3.58. The summed E-state index contributed by atoms with van der Waals surface area (Å²) in [6.07, 6.45) is 7.64. The van der Waals surface area contributed by atoms with Crippen molar-refractivity contribution < 1.29 is 13.2 Å². The average molecular weight is 590 g/mol. The number of likely N-dealkylation sites (tertiary alicyclic amines) is 1. The zero-order chi connectivity index (χ0) is 28.6. The van der Waals surface area contributed by atoms with Crippen LogP contribution in [-0.2, 0) is 14.8 Å². The van der Waals surface area contributed by atoms with Crippen molar-refractivity contribution in [2.24, 2.45) is 16.8 Å². The van der Waals surface area contributed by atoms with Crippen molar-refractivity contribution in [1.29, 1.82) is 0 Å². The molecule has 10 heteroatoms. The molecule has 3 aromatic rings. The van der Waals surface area contributed by atoms with Gasteiger partial charge in [0.2, 0.25) is 10.0 Å². The maximum atomic E-state index is 13.5. The molecule has 4 heterocycles. The monoisotopic (exact) mass is 589 g/mol. The predicted molar refractivity (Wildman–Crippen MR) is 164 cm³/mol. The van der Waals surface area contributed by atoms with Gasteiger partial charge < -0.3 is 4.90 Å². The summed E-state index contributed by atoms with van der Waals surface area (Å²) in [4.78, 5) is 20.4. The minimum atomic E-state index is -3.63. The van der Waals surface area contributed by atoms with E-state index in [1.807, 2.05) is 48.7 Å². The number of para-hydroxylation sites is 1. The van der Waals surface area contributed by atoms with Crippen LogP contribution in [0.1, 0.15) is 45.1 Å². The number of aliphatic imine (C=N–C) groups is 1. The Morgan fingerprint density at radius 3 is 2.29 bits per heavy atom. The second-order valence-electron chi connectivity index (χ2n) is 11.3. The molecule has 0 saturated carbocycles. The number of aromatic nitrogens is 2. The predicted octanol–water partition coefficient (Wildman–Crippen LogP) is 5.66. The normalized spacial score (nSPS) is 20.6. The minimum Gasteiger partial charge on any atom is -0.351 e. The zero-order valence-electron chi connectivity index (χ0n) is 23.4. The van der Waals surface area contributed by atoms with Gasteiger partial charge in [0, 0.05) is 43.5 Å². The molecule has 0 spiro atoms. The third-order valence-corrected chi connectivity index (χ3v) is 11.1. The van der Waals surface area contributed by atoms with Crippen molar-refractivity contribution in [3.63, 3.8) is 0 Å². The summed E-state index contributed by atoms with van der Waals surface area (Å²) in [5.41, 5.74) is 2.89. The van der Waals surface area contributed by atoms with E-state index in [-0.39, 0.29) is 10.8 Å². The number of piperidine rings is 2. The summed E-state index contributed by atoms with van der Waals surface area (Å²) in [5.74, 6) is 0.968. The molecule has 3 aliphatic rings. The minimum absolute atomic E-state index is 0.252. The highest BCUT2D eigenvalue weighted by Crippen LogP contribution is 2.35. The number of amides is 1. The third kappa shape index (κ3) is 5.91. The molecule has 41 heavy (non-hydrogen) atoms. The highest BCUT2D eigenvalue weighted by Gasteiger charge is 2.30. The maximum Gasteiger partial charge on any atom is 0.286 e. The SMILES string of the molecule is CC1CCN(C2=NC(=O)/C(=C/c3cn(-c4ccccc4)nc3-c3cccc(S(=O)(=O)N4CCC(C)CC4)c3)S2)CC1. The van der Waals surface area contributed by atoms with Crippen LogP contribution in [0.3, 0.4) is 0 Å². The largest absolute Gasteiger partial charge is 0.351 e. The van der Waals surface area contributed by atoms with Crippen LogP contribution in [0, 0.1) is 11.8 Å². The molecular formula is C31H35N5O3S2. The molecule has 0 radical (unpaired) electrons. The fraction of sp³-hybridized carbons (Fsp3) is 0.387. The van der Waals surface area contributed by atoms with Gasteiger partial charge in [0.1, 0.15) is 5.69 Å². The van der Waals surface area contributed by atoms with Crippen LogP contribution < -0.4 is 0 Å². The maximum absolute atomic E-state index is 13.5. The molecule has 1 amide bonds. The van der Waals surface area contributed by atoms with Crippen molar-refractivity contribution in [2.45, 2.75) is 44.4 Å². The van der Waals surface area contributed by atoms with Gasteiger partial charge in [-0.15, -0.1) is 0 Å². The molecule has 2 fully saturated rings. The number of sulfonamides is 1. The van der Waals surface area contributed by atoms with E-state index in [0.29, 0.717) is 41.1 Å². The second kappa shape index (κ2) is 11.6. The number of carbonyl (C=O) groups is 1. The van der Waals surface area contributed by atoms with Crippen molar-refractivity contribution >= 4 is 38.9 Å². The molecule has 2 saturated heterocycles. The first kappa shape index (κ1) is 27.9. The molecule has 2 aromatic carbocycles. The Hall–Kier alpha value is -3.21. The quantitative estimate of drug-likeness (QED) is 0.357. The fourth-order valence-electron chi connectivity index (χ4n) is 5.48. The molecule has 1 aromatic heterocycles. The Labute approximate surface area is 246 Å². The Morgan fingerprint density at radius 2 is 1.59 bits per heavy atom. The van der Waals surface area contributed by atoms with Gasteiger partial charge in [-0.05, 0) is 79.6 Å². The van der Waals surface area contributed by atoms with Crippen molar-refractivity contribution in [2.75, 3.05) is 26.2 Å². The van der Waals surface area contributed by atoms with Crippen LogP contribution >= 0.6 is 11.8 Å². The first-order chi connectivity index (χ1) is 19.8. The van der Waals surface area contributed by atoms with Gasteiger partial charge in [-0.1, -0.05) is 44.2 Å². The molecule has 6 rings (SSSR count). The van der Waals surface area contributed by atoms with Gasteiger partial charge in [0.25, 0.3) is 5.91 Å². The molecule has 214 valence electrons. The summed E-state index contributed by atoms with van der Waals surface area (Å²) < 4.78 is 30.4. The lowest BCUT2D eigenvalue weighted by molar-refractivity contribution is -0.113. The molecular weight excluding hydrogens is 555 g/mol. The van der Waals surface area contributed by atoms with Crippen LogP contribution in [-0.4, -0.2) is 64.7 Å². The Balaban J connectivity index is 1.35. The molecule has 0 bridgehead atoms. The smallest absolute Gasteiger partial charge is 0.286 e. The van der Waals surface area contributed by atoms with E-state index in [1.54, 1.807) is 27.2 Å². The van der Waals surface area contributed by atoms with Crippen molar-refractivity contribution in [3.8, 4) is 16.9 Å². The molecule has 0 N–H and O–H groups in total. The van der Waals surface area contributed by atoms with E-state index in [9.17, 15) is 13.2 Å². The Morgan fingerprint density at radius 1 is 0.902 bits per heavy atom. The summed E-state index contributed by atoms with van der Waals surface area (Å²) in [7, 11) is -3.63. The van der Waals surface area contributed by atoms with Crippen molar-refractivity contribution in [3.05, 3.63) is 71.3 Å². The third-order valence-electron chi connectivity index (χ3n) is 8.20. The Kier molecular flexibility index (Phi) is 7.89. The molecule has 8 nitrogen and oxygen atoms in total. The molecule has 0 unspecified atom stereocenters. The number of hydrogen-bond donors (Lipinski definition) is 0. The number of nitrogens with zero attached hydrogens (tertiary/aromatic N) is 5. The van der Waals surface area contributed by atoms with Gasteiger partial charge in [-0.3, -0.25) is 4.79 Å². The van der Waals surface area contributed by atoms with Gasteiger partial charge in [0.05, 0.1) is 15.5 Å². The van der Waals surface area contributed by atoms with Crippen LogP contribution in [0.25, 0.3) is 23.0 Å². The van der Waals surface area contributed by atoms with Crippen molar-refractivity contribution in [1.82, 2.24) is 19.0 Å². The van der Waals surface area contributed by atoms with Crippen LogP contribution in [0.15, 0.2) is 75.6 Å². The van der Waals surface area contributed by atoms with Gasteiger partial charge >= 0.3 is 0 Å². The first-order valence-electron chi connectivity index (χ1n) is 14.3. The van der Waals surface area contributed by atoms with E-state index in [4.69, 9.17) is 5.10 Å². The van der Waals surface area contributed by atoms with Crippen LogP contribution in [0.5, 0.6) is 0 Å². The van der Waals surface area contributed by atoms with Crippen LogP contribution in [0.2, 0.25) is 0 Å². The van der Waals surface area contributed by atoms with Gasteiger partial charge in [0.15, 0.2) is 5.17 Å². The summed E-state index contributed by atoms with van der Waals surface area (Å²) in [5, 5.41) is 5.63. The first-order valence-corrected chi connectivity index (χ1v) is 16.6. The topological polar surface area (TPSA) is 87.9 Å². The highest BCUT2D eigenvalue weighted by atomic mass is 32.2. The van der Waals surface area contributed by atoms with E-state index < -0.39 is 10.0 Å². The number of amidine groups is 1. The molecule has 0 atom stereocenters. The Bertz CT molecular complexity index is 1600. The summed E-state index contributed by atoms with van der Waals surface area (Å²) in [6, 6.07) is 16.7. The van der Waals surface area contributed by atoms with E-state index in [2.05, 4.69) is 23.7 Å². The van der Waals surface area contributed by atoms with Crippen LogP contribution in [0.4, 0.5) is 0 Å². The van der Waals surface area contributed by atoms with E-state index in [1.165, 1.54) is 11.8 Å². The number of carbonyl (C=O) groups excluding carboxylic acids is 1. The molecule has 0 aliphatic carbocycles. The standard InChI is InChI=1S/C31H35N5O3S2/c1-22-11-15-34(16-12-22)31-32-30(37)28(40-31)20-25-21-36(26-8-4-3-5-9-26)33-29(25)24-7-6-10-27(19-24)41(38,39)35-17-13-23(2)14-18-35/h3-10,19-23H,11-18H2,1-2H3/b28-20-. The van der Waals surface area contributed by atoms with E-state index >= 15 is 0 Å². The number of hydrogen-bond acceptors (Lipinski definition) is 6. The number of thioether (sulfide) groups is 1. The lowest BCUT2D eigenvalue weighted by Crippen LogP contribution is -2.37. The summed E-state index contributed by atoms with van der Waals surface area (Å²) in [6.45, 7) is 7.30. The highest BCUT2D eigenvalue weighted by molar-refractivity contribution is 8.18. The van der Waals surface area contributed by atoms with Gasteiger partial charge in [-0.2, -0.15) is 14.4 Å². The lowest BCUT2D eigenvalue weighted by Gasteiger charge is -2.30. The van der Waals surface area contributed by atoms with Gasteiger partial charge in [-0.25, -0.2) is 13.1 Å². The number of rotatable bonds is 5. The lowest BCUT2D eigenvalue weighted by atomic mass is 10.00. The molecule has 3 aliphatic heterocycles. The fourth-order valence-corrected chi connectivity index (χ4v) is 7.95. The second-order valence-corrected chi connectivity index (χ2v) is 14.3. The summed E-state index contributed by atoms with van der Waals surface area (Å²) >= 11 is 1.40. The zero-order valence-corrected chi connectivity index (χ0v) is 25.1.